The highest BCUT2D eigenvalue weighted by Gasteiger charge is 2.21. The Kier molecular flexibility index (Phi) is 6.47. The van der Waals surface area contributed by atoms with Gasteiger partial charge in [-0.15, -0.1) is 0 Å². The third kappa shape index (κ3) is 4.61. The molecular weight excluding hydrogens is 218 g/mol. The number of rotatable bonds is 6. The van der Waals surface area contributed by atoms with Gasteiger partial charge in [0.1, 0.15) is 0 Å². The van der Waals surface area contributed by atoms with Crippen LogP contribution in [0.2, 0.25) is 0 Å². The fourth-order valence-electron chi connectivity index (χ4n) is 2.28. The minimum absolute atomic E-state index is 0.124. The van der Waals surface area contributed by atoms with Crippen LogP contribution in [0, 0.1) is 0 Å². The van der Waals surface area contributed by atoms with Crippen LogP contribution in [0.3, 0.4) is 0 Å². The molecule has 1 unspecified atom stereocenters. The lowest BCUT2D eigenvalue weighted by Crippen LogP contribution is -2.52. The van der Waals surface area contributed by atoms with Crippen molar-refractivity contribution in [2.45, 2.75) is 25.8 Å². The Morgan fingerprint density at radius 1 is 1.35 bits per heavy atom. The Labute approximate surface area is 104 Å². The van der Waals surface area contributed by atoms with Gasteiger partial charge < -0.3 is 15.4 Å². The van der Waals surface area contributed by atoms with Crippen molar-refractivity contribution in [3.8, 4) is 0 Å². The predicted octanol–water partition coefficient (Wildman–Crippen LogP) is -0.0956. The Bertz CT molecular complexity index is 224. The first-order valence-electron chi connectivity index (χ1n) is 6.44. The Morgan fingerprint density at radius 3 is 2.47 bits per heavy atom. The van der Waals surface area contributed by atoms with Crippen LogP contribution in [-0.4, -0.2) is 68.2 Å². The fraction of sp³-hybridized carbons (Fsp3) is 0.917. The lowest BCUT2D eigenvalue weighted by molar-refractivity contribution is -0.141. The summed E-state index contributed by atoms with van der Waals surface area (Å²) < 4.78 is 4.64. The van der Waals surface area contributed by atoms with E-state index in [9.17, 15) is 4.79 Å². The van der Waals surface area contributed by atoms with E-state index in [1.165, 1.54) is 7.11 Å². The number of carbonyl (C=O) groups is 1. The third-order valence-corrected chi connectivity index (χ3v) is 3.53. The topological polar surface area (TPSA) is 58.8 Å². The molecule has 1 aliphatic heterocycles. The van der Waals surface area contributed by atoms with Crippen LogP contribution in [0.4, 0.5) is 0 Å². The van der Waals surface area contributed by atoms with Crippen LogP contribution in [0.5, 0.6) is 0 Å². The Hall–Kier alpha value is -0.650. The van der Waals surface area contributed by atoms with Crippen LogP contribution in [0.25, 0.3) is 0 Å². The summed E-state index contributed by atoms with van der Waals surface area (Å²) in [6.07, 6.45) is 1.60. The summed E-state index contributed by atoms with van der Waals surface area (Å²) in [6.45, 7) is 7.87. The van der Waals surface area contributed by atoms with E-state index in [1.807, 2.05) is 0 Å². The van der Waals surface area contributed by atoms with E-state index in [1.54, 1.807) is 0 Å². The number of ether oxygens (including phenoxy) is 1. The molecule has 1 atom stereocenters. The summed E-state index contributed by atoms with van der Waals surface area (Å²) >= 11 is 0. The molecule has 1 saturated heterocycles. The molecule has 5 nitrogen and oxygen atoms in total. The van der Waals surface area contributed by atoms with Gasteiger partial charge in [-0.3, -0.25) is 9.69 Å². The zero-order chi connectivity index (χ0) is 12.7. The molecule has 2 N–H and O–H groups in total. The molecule has 5 heteroatoms. The Morgan fingerprint density at radius 2 is 2.00 bits per heavy atom. The average molecular weight is 243 g/mol. The van der Waals surface area contributed by atoms with Crippen LogP contribution in [0.15, 0.2) is 0 Å². The van der Waals surface area contributed by atoms with E-state index in [-0.39, 0.29) is 5.97 Å². The Balaban J connectivity index is 2.23. The molecule has 1 aliphatic rings. The average Bonchev–Trinajstić information content (AvgIpc) is 2.38. The van der Waals surface area contributed by atoms with Gasteiger partial charge in [0.2, 0.25) is 0 Å². The van der Waals surface area contributed by atoms with Gasteiger partial charge in [0.05, 0.1) is 13.5 Å². The van der Waals surface area contributed by atoms with Crippen molar-refractivity contribution in [3.63, 3.8) is 0 Å². The highest BCUT2D eigenvalue weighted by molar-refractivity contribution is 5.69. The van der Waals surface area contributed by atoms with Gasteiger partial charge in [-0.25, -0.2) is 0 Å². The molecule has 17 heavy (non-hydrogen) atoms. The summed E-state index contributed by atoms with van der Waals surface area (Å²) in [7, 11) is 1.44. The predicted molar refractivity (Wildman–Crippen MR) is 67.8 cm³/mol. The van der Waals surface area contributed by atoms with Crippen molar-refractivity contribution in [2.75, 3.05) is 46.4 Å². The molecule has 0 aromatic heterocycles. The van der Waals surface area contributed by atoms with E-state index < -0.39 is 0 Å². The standard InChI is InChI=1S/C12H25N3O2/c1-3-11(10-13)15-8-6-14(7-9-15)5-4-12(16)17-2/h11H,3-10,13H2,1-2H3. The van der Waals surface area contributed by atoms with Crippen LogP contribution >= 0.6 is 0 Å². The molecule has 100 valence electrons. The molecule has 0 bridgehead atoms. The number of piperazine rings is 1. The smallest absolute Gasteiger partial charge is 0.306 e. The lowest BCUT2D eigenvalue weighted by atomic mass is 10.1. The molecular formula is C12H25N3O2. The first-order chi connectivity index (χ1) is 8.21. The maximum atomic E-state index is 11.0. The van der Waals surface area contributed by atoms with Gasteiger partial charge >= 0.3 is 5.97 Å². The maximum Gasteiger partial charge on any atom is 0.306 e. The van der Waals surface area contributed by atoms with E-state index in [0.717, 1.165) is 45.7 Å². The van der Waals surface area contributed by atoms with E-state index >= 15 is 0 Å². The van der Waals surface area contributed by atoms with E-state index in [2.05, 4.69) is 21.5 Å². The number of nitrogens with two attached hydrogens (primary N) is 1. The minimum Gasteiger partial charge on any atom is -0.469 e. The van der Waals surface area contributed by atoms with Crippen molar-refractivity contribution in [3.05, 3.63) is 0 Å². The van der Waals surface area contributed by atoms with Crippen molar-refractivity contribution < 1.29 is 9.53 Å². The summed E-state index contributed by atoms with van der Waals surface area (Å²) in [6, 6.07) is 0.512. The largest absolute Gasteiger partial charge is 0.469 e. The zero-order valence-electron chi connectivity index (χ0n) is 11.0. The quantitative estimate of drug-likeness (QED) is 0.660. The molecule has 0 aromatic rings. The monoisotopic (exact) mass is 243 g/mol. The first kappa shape index (κ1) is 14.4. The number of nitrogens with zero attached hydrogens (tertiary/aromatic N) is 2. The number of hydrogen-bond donors (Lipinski definition) is 1. The number of esters is 1. The molecule has 0 saturated carbocycles. The first-order valence-corrected chi connectivity index (χ1v) is 6.44. The summed E-state index contributed by atoms with van der Waals surface area (Å²) in [5.74, 6) is -0.124. The van der Waals surface area contributed by atoms with E-state index in [0.29, 0.717) is 12.5 Å². The molecule has 0 amide bonds. The van der Waals surface area contributed by atoms with Crippen molar-refractivity contribution >= 4 is 5.97 Å². The van der Waals surface area contributed by atoms with Crippen molar-refractivity contribution in [1.82, 2.24) is 9.80 Å². The summed E-state index contributed by atoms with van der Waals surface area (Å²) in [5.41, 5.74) is 5.75. The zero-order valence-corrected chi connectivity index (χ0v) is 11.0. The molecule has 0 spiro atoms. The normalized spacial score (nSPS) is 20.2. The second-order valence-corrected chi connectivity index (χ2v) is 4.50. The van der Waals surface area contributed by atoms with Crippen molar-refractivity contribution in [1.29, 1.82) is 0 Å². The highest BCUT2D eigenvalue weighted by Crippen LogP contribution is 2.08. The van der Waals surface area contributed by atoms with Gasteiger partial charge in [0, 0.05) is 45.3 Å². The summed E-state index contributed by atoms with van der Waals surface area (Å²) in [5, 5.41) is 0. The minimum atomic E-state index is -0.124. The number of hydrogen-bond acceptors (Lipinski definition) is 5. The van der Waals surface area contributed by atoms with Gasteiger partial charge in [-0.1, -0.05) is 6.92 Å². The van der Waals surface area contributed by atoms with Gasteiger partial charge in [0.15, 0.2) is 0 Å². The second kappa shape index (κ2) is 7.63. The van der Waals surface area contributed by atoms with Gasteiger partial charge in [-0.05, 0) is 6.42 Å². The van der Waals surface area contributed by atoms with Crippen LogP contribution in [0.1, 0.15) is 19.8 Å². The lowest BCUT2D eigenvalue weighted by Gasteiger charge is -2.38. The SMILES string of the molecule is CCC(CN)N1CCN(CCC(=O)OC)CC1. The third-order valence-electron chi connectivity index (χ3n) is 3.53. The molecule has 1 heterocycles. The molecule has 0 radical (unpaired) electrons. The van der Waals surface area contributed by atoms with Crippen LogP contribution in [-0.2, 0) is 9.53 Å². The van der Waals surface area contributed by atoms with Crippen LogP contribution < -0.4 is 5.73 Å². The second-order valence-electron chi connectivity index (χ2n) is 4.50. The number of methoxy groups -OCH3 is 1. The van der Waals surface area contributed by atoms with E-state index in [4.69, 9.17) is 5.73 Å². The molecule has 1 fully saturated rings. The summed E-state index contributed by atoms with van der Waals surface area (Å²) in [4.78, 5) is 15.8. The molecule has 1 rings (SSSR count). The number of carbonyl (C=O) groups excluding carboxylic acids is 1. The van der Waals surface area contributed by atoms with Crippen molar-refractivity contribution in [2.24, 2.45) is 5.73 Å². The van der Waals surface area contributed by atoms with Gasteiger partial charge in [0.25, 0.3) is 0 Å². The molecule has 0 aliphatic carbocycles. The highest BCUT2D eigenvalue weighted by atomic mass is 16.5. The fourth-order valence-corrected chi connectivity index (χ4v) is 2.28. The molecule has 0 aromatic carbocycles. The maximum absolute atomic E-state index is 11.0. The van der Waals surface area contributed by atoms with Gasteiger partial charge in [-0.2, -0.15) is 0 Å².